The molecule has 0 saturated carbocycles. The van der Waals surface area contributed by atoms with Crippen LogP contribution in [0.1, 0.15) is 23.2 Å². The summed E-state index contributed by atoms with van der Waals surface area (Å²) in [7, 11) is 2.64. The van der Waals surface area contributed by atoms with E-state index in [2.05, 4.69) is 5.32 Å². The number of esters is 2. The molecule has 1 N–H and O–H groups in total. The van der Waals surface area contributed by atoms with Crippen LogP contribution in [0.5, 0.6) is 0 Å². The second-order valence-corrected chi connectivity index (χ2v) is 3.71. The lowest BCUT2D eigenvalue weighted by Gasteiger charge is -2.11. The van der Waals surface area contributed by atoms with Crippen LogP contribution in [0.3, 0.4) is 0 Å². The van der Waals surface area contributed by atoms with Crippen LogP contribution in [0.2, 0.25) is 0 Å². The maximum atomic E-state index is 11.6. The average Bonchev–Trinajstić information content (AvgIpc) is 2.76. The summed E-state index contributed by atoms with van der Waals surface area (Å²) in [6.07, 6.45) is 0. The first-order valence-corrected chi connectivity index (χ1v) is 5.19. The highest BCUT2D eigenvalue weighted by molar-refractivity contribution is 5.85. The Bertz CT molecular complexity index is 417. The van der Waals surface area contributed by atoms with Gasteiger partial charge in [0.25, 0.3) is 0 Å². The van der Waals surface area contributed by atoms with Crippen molar-refractivity contribution in [1.29, 1.82) is 0 Å². The van der Waals surface area contributed by atoms with Crippen molar-refractivity contribution in [2.45, 2.75) is 12.1 Å². The van der Waals surface area contributed by atoms with Gasteiger partial charge in [0.2, 0.25) is 0 Å². The lowest BCUT2D eigenvalue weighted by Crippen LogP contribution is -2.30. The molecule has 0 aliphatic carbocycles. The molecule has 2 atom stereocenters. The van der Waals surface area contributed by atoms with Gasteiger partial charge in [0, 0.05) is 0 Å². The van der Waals surface area contributed by atoms with Gasteiger partial charge in [-0.05, 0) is 11.1 Å². The van der Waals surface area contributed by atoms with E-state index in [9.17, 15) is 9.59 Å². The molecule has 2 rings (SSSR count). The van der Waals surface area contributed by atoms with E-state index < -0.39 is 24.0 Å². The smallest absolute Gasteiger partial charge is 0.327 e. The molecule has 5 nitrogen and oxygen atoms in total. The second-order valence-electron chi connectivity index (χ2n) is 3.71. The summed E-state index contributed by atoms with van der Waals surface area (Å²) >= 11 is 0. The highest BCUT2D eigenvalue weighted by atomic mass is 16.5. The predicted molar refractivity (Wildman–Crippen MR) is 59.1 cm³/mol. The van der Waals surface area contributed by atoms with Gasteiger partial charge < -0.3 is 9.47 Å². The summed E-state index contributed by atoms with van der Waals surface area (Å²) in [5, 5.41) is 2.91. The zero-order chi connectivity index (χ0) is 12.4. The van der Waals surface area contributed by atoms with Crippen molar-refractivity contribution >= 4 is 11.9 Å². The Kier molecular flexibility index (Phi) is 3.10. The van der Waals surface area contributed by atoms with Gasteiger partial charge in [-0.2, -0.15) is 0 Å². The van der Waals surface area contributed by atoms with Crippen molar-refractivity contribution < 1.29 is 19.1 Å². The maximum Gasteiger partial charge on any atom is 0.327 e. The molecule has 0 radical (unpaired) electrons. The number of methoxy groups -OCH3 is 2. The number of rotatable bonds is 2. The highest BCUT2D eigenvalue weighted by Crippen LogP contribution is 2.34. The van der Waals surface area contributed by atoms with Crippen molar-refractivity contribution in [2.24, 2.45) is 0 Å². The van der Waals surface area contributed by atoms with E-state index in [0.717, 1.165) is 11.1 Å². The summed E-state index contributed by atoms with van der Waals surface area (Å²) in [6.45, 7) is 0. The third-order valence-electron chi connectivity index (χ3n) is 2.83. The zero-order valence-corrected chi connectivity index (χ0v) is 9.60. The van der Waals surface area contributed by atoms with Gasteiger partial charge in [-0.25, -0.2) is 9.59 Å². The minimum absolute atomic E-state index is 0.413. The first-order valence-electron chi connectivity index (χ1n) is 5.19. The molecular weight excluding hydrogens is 222 g/mol. The van der Waals surface area contributed by atoms with Gasteiger partial charge in [0.15, 0.2) is 0 Å². The molecule has 1 aliphatic heterocycles. The normalized spacial score (nSPS) is 21.8. The summed E-state index contributed by atoms with van der Waals surface area (Å²) in [4.78, 5) is 23.2. The van der Waals surface area contributed by atoms with Crippen molar-refractivity contribution in [1.82, 2.24) is 5.32 Å². The monoisotopic (exact) mass is 235 g/mol. The van der Waals surface area contributed by atoms with Crippen molar-refractivity contribution in [3.05, 3.63) is 35.4 Å². The molecule has 1 aliphatic rings. The highest BCUT2D eigenvalue weighted by Gasteiger charge is 2.39. The van der Waals surface area contributed by atoms with Gasteiger partial charge in [-0.15, -0.1) is 0 Å². The molecule has 1 aromatic carbocycles. The van der Waals surface area contributed by atoms with Gasteiger partial charge >= 0.3 is 11.9 Å². The third kappa shape index (κ3) is 1.89. The lowest BCUT2D eigenvalue weighted by atomic mass is 10.0. The molecule has 0 aromatic heterocycles. The van der Waals surface area contributed by atoms with E-state index >= 15 is 0 Å². The van der Waals surface area contributed by atoms with Crippen LogP contribution in [0, 0.1) is 0 Å². The summed E-state index contributed by atoms with van der Waals surface area (Å²) in [5.74, 6) is -0.826. The Hall–Kier alpha value is -1.88. The average molecular weight is 235 g/mol. The first-order chi connectivity index (χ1) is 8.19. The first kappa shape index (κ1) is 11.6. The Morgan fingerprint density at radius 2 is 1.41 bits per heavy atom. The van der Waals surface area contributed by atoms with Gasteiger partial charge in [0.05, 0.1) is 14.2 Å². The Morgan fingerprint density at radius 3 is 1.76 bits per heavy atom. The van der Waals surface area contributed by atoms with Crippen LogP contribution in [-0.4, -0.2) is 26.2 Å². The summed E-state index contributed by atoms with van der Waals surface area (Å²) in [5.41, 5.74) is 1.52. The topological polar surface area (TPSA) is 64.6 Å². The summed E-state index contributed by atoms with van der Waals surface area (Å²) in [6, 6.07) is 6.01. The largest absolute Gasteiger partial charge is 0.468 e. The minimum Gasteiger partial charge on any atom is -0.468 e. The molecule has 0 amide bonds. The molecule has 1 aromatic rings. The molecular formula is C12H13NO4. The number of hydrogen-bond donors (Lipinski definition) is 1. The molecule has 0 bridgehead atoms. The number of hydrogen-bond acceptors (Lipinski definition) is 5. The fourth-order valence-electron chi connectivity index (χ4n) is 2.01. The molecule has 0 spiro atoms. The maximum absolute atomic E-state index is 11.6. The standard InChI is InChI=1S/C12H13NO4/c1-16-11(14)9-7-5-3-4-6-8(7)10(13-9)12(15)17-2/h3-6,9-10,13H,1-2H3. The van der Waals surface area contributed by atoms with E-state index in [1.807, 2.05) is 12.1 Å². The number of benzene rings is 1. The molecule has 90 valence electrons. The quantitative estimate of drug-likeness (QED) is 0.765. The third-order valence-corrected chi connectivity index (χ3v) is 2.83. The van der Waals surface area contributed by atoms with Crippen molar-refractivity contribution in [2.75, 3.05) is 14.2 Å². The van der Waals surface area contributed by atoms with Crippen LogP contribution in [0.25, 0.3) is 0 Å². The Balaban J connectivity index is 2.39. The van der Waals surface area contributed by atoms with Gasteiger partial charge in [-0.1, -0.05) is 24.3 Å². The van der Waals surface area contributed by atoms with Crippen LogP contribution < -0.4 is 5.32 Å². The number of fused-ring (bicyclic) bond motifs is 1. The molecule has 2 unspecified atom stereocenters. The van der Waals surface area contributed by atoms with Gasteiger partial charge in [-0.3, -0.25) is 5.32 Å². The van der Waals surface area contributed by atoms with Gasteiger partial charge in [0.1, 0.15) is 12.1 Å². The number of nitrogens with one attached hydrogen (secondary N) is 1. The van der Waals surface area contributed by atoms with Crippen molar-refractivity contribution in [3.63, 3.8) is 0 Å². The SMILES string of the molecule is COC(=O)C1NC(C(=O)OC)c2ccccc21. The number of carbonyl (C=O) groups is 2. The number of ether oxygens (including phenoxy) is 2. The fourth-order valence-corrected chi connectivity index (χ4v) is 2.01. The summed E-state index contributed by atoms with van der Waals surface area (Å²) < 4.78 is 9.40. The van der Waals surface area contributed by atoms with Crippen LogP contribution in [0.15, 0.2) is 24.3 Å². The Morgan fingerprint density at radius 1 is 1.00 bits per heavy atom. The van der Waals surface area contributed by atoms with Crippen molar-refractivity contribution in [3.8, 4) is 0 Å². The van der Waals surface area contributed by atoms with E-state index in [-0.39, 0.29) is 0 Å². The predicted octanol–water partition coefficient (Wildman–Crippen LogP) is 0.718. The molecule has 5 heteroatoms. The fraction of sp³-hybridized carbons (Fsp3) is 0.333. The van der Waals surface area contributed by atoms with Crippen LogP contribution in [0.4, 0.5) is 0 Å². The Labute approximate surface area is 98.7 Å². The molecule has 0 fully saturated rings. The van der Waals surface area contributed by atoms with E-state index in [4.69, 9.17) is 9.47 Å². The van der Waals surface area contributed by atoms with E-state index in [1.54, 1.807) is 12.1 Å². The second kappa shape index (κ2) is 4.55. The van der Waals surface area contributed by atoms with Crippen LogP contribution in [-0.2, 0) is 19.1 Å². The molecule has 0 saturated heterocycles. The number of carbonyl (C=O) groups excluding carboxylic acids is 2. The molecule has 1 heterocycles. The minimum atomic E-state index is -0.611. The lowest BCUT2D eigenvalue weighted by molar-refractivity contribution is -0.145. The van der Waals surface area contributed by atoms with Crippen LogP contribution >= 0.6 is 0 Å². The van der Waals surface area contributed by atoms with E-state index in [0.29, 0.717) is 0 Å². The molecule has 17 heavy (non-hydrogen) atoms. The zero-order valence-electron chi connectivity index (χ0n) is 9.60. The van der Waals surface area contributed by atoms with E-state index in [1.165, 1.54) is 14.2 Å².